The third kappa shape index (κ3) is 1.68. The number of pyridine rings is 1. The van der Waals surface area contributed by atoms with E-state index < -0.39 is 0 Å². The molecular formula is C9H9GaN3. The quantitative estimate of drug-likeness (QED) is 0.680. The SMILES string of the molecule is Cc1cc(-c2ccccn2)[n]([GaH])n1. The average molecular weight is 229 g/mol. The normalized spacial score (nSPS) is 10.2. The van der Waals surface area contributed by atoms with Crippen LogP contribution in [0.15, 0.2) is 30.5 Å². The van der Waals surface area contributed by atoms with Gasteiger partial charge >= 0.3 is 86.8 Å². The maximum atomic E-state index is 4.32. The summed E-state index contributed by atoms with van der Waals surface area (Å²) in [6, 6.07) is 7.97. The third-order valence-corrected chi connectivity index (χ3v) is 2.84. The Morgan fingerprint density at radius 3 is 2.77 bits per heavy atom. The van der Waals surface area contributed by atoms with Gasteiger partial charge in [0.05, 0.1) is 0 Å². The predicted molar refractivity (Wildman–Crippen MR) is 52.7 cm³/mol. The molecule has 63 valence electrons. The molecule has 2 aromatic rings. The van der Waals surface area contributed by atoms with Gasteiger partial charge in [0.25, 0.3) is 0 Å². The van der Waals surface area contributed by atoms with Crippen LogP contribution < -0.4 is 0 Å². The third-order valence-electron chi connectivity index (χ3n) is 1.83. The first kappa shape index (κ1) is 8.59. The molecule has 2 rings (SSSR count). The first-order valence-electron chi connectivity index (χ1n) is 4.06. The van der Waals surface area contributed by atoms with Crippen LogP contribution in [0, 0.1) is 6.92 Å². The Balaban J connectivity index is 2.53. The van der Waals surface area contributed by atoms with E-state index in [9.17, 15) is 0 Å². The summed E-state index contributed by atoms with van der Waals surface area (Å²) in [5, 5.41) is 4.32. The molecule has 0 N–H and O–H groups in total. The van der Waals surface area contributed by atoms with Crippen LogP contribution in [-0.2, 0) is 0 Å². The van der Waals surface area contributed by atoms with Gasteiger partial charge in [-0.05, 0) is 0 Å². The van der Waals surface area contributed by atoms with Gasteiger partial charge in [0.2, 0.25) is 0 Å². The zero-order chi connectivity index (χ0) is 9.26. The van der Waals surface area contributed by atoms with Crippen molar-refractivity contribution in [2.45, 2.75) is 6.92 Å². The van der Waals surface area contributed by atoms with Crippen LogP contribution in [0.4, 0.5) is 0 Å². The molecule has 4 heteroatoms. The zero-order valence-corrected chi connectivity index (χ0v) is 10.4. The van der Waals surface area contributed by atoms with E-state index in [0.29, 0.717) is 0 Å². The van der Waals surface area contributed by atoms with Crippen LogP contribution in [0.5, 0.6) is 0 Å². The van der Waals surface area contributed by atoms with E-state index >= 15 is 0 Å². The summed E-state index contributed by atoms with van der Waals surface area (Å²) >= 11 is 1.000. The van der Waals surface area contributed by atoms with E-state index in [1.54, 1.807) is 6.20 Å². The summed E-state index contributed by atoms with van der Waals surface area (Å²) < 4.78 is 1.97. The standard InChI is InChI=1S/C9H8N3.Ga.H/c1-7-6-9(12-11-7)8-4-2-3-5-10-8;;/h2-6H,1H3;;/q-1;+1;. The van der Waals surface area contributed by atoms with Gasteiger partial charge in [0.15, 0.2) is 0 Å². The Morgan fingerprint density at radius 1 is 1.38 bits per heavy atom. The molecular weight excluding hydrogens is 220 g/mol. The van der Waals surface area contributed by atoms with Crippen molar-refractivity contribution in [3.05, 3.63) is 36.2 Å². The van der Waals surface area contributed by atoms with Crippen molar-refractivity contribution in [3.8, 4) is 11.4 Å². The van der Waals surface area contributed by atoms with Crippen molar-refractivity contribution < 1.29 is 0 Å². The van der Waals surface area contributed by atoms with Gasteiger partial charge in [0, 0.05) is 0 Å². The second-order valence-corrected chi connectivity index (χ2v) is 4.14. The molecule has 0 aromatic carbocycles. The maximum absolute atomic E-state index is 4.32. The van der Waals surface area contributed by atoms with Gasteiger partial charge in [-0.1, -0.05) is 0 Å². The summed E-state index contributed by atoms with van der Waals surface area (Å²) in [6.07, 6.45) is 1.80. The summed E-state index contributed by atoms with van der Waals surface area (Å²) in [5.74, 6) is 0. The molecule has 2 heterocycles. The summed E-state index contributed by atoms with van der Waals surface area (Å²) in [4.78, 5) is 4.28. The van der Waals surface area contributed by atoms with E-state index in [4.69, 9.17) is 0 Å². The molecule has 13 heavy (non-hydrogen) atoms. The molecule has 0 fully saturated rings. The molecule has 0 unspecified atom stereocenters. The van der Waals surface area contributed by atoms with Crippen LogP contribution in [-0.4, -0.2) is 32.3 Å². The van der Waals surface area contributed by atoms with Gasteiger partial charge in [-0.3, -0.25) is 0 Å². The fraction of sp³-hybridized carbons (Fsp3) is 0.111. The predicted octanol–water partition coefficient (Wildman–Crippen LogP) is 0.917. The number of hydrogen-bond donors (Lipinski definition) is 0. The second-order valence-electron chi connectivity index (χ2n) is 2.89. The summed E-state index contributed by atoms with van der Waals surface area (Å²) in [5.41, 5.74) is 3.15. The first-order valence-corrected chi connectivity index (χ1v) is 5.39. The first-order chi connectivity index (χ1) is 6.27. The Bertz CT molecular complexity index is 408. The topological polar surface area (TPSA) is 30.7 Å². The van der Waals surface area contributed by atoms with Crippen LogP contribution in [0.2, 0.25) is 0 Å². The number of hydrogen-bond acceptors (Lipinski definition) is 2. The molecule has 0 spiro atoms. The van der Waals surface area contributed by atoms with E-state index in [1.165, 1.54) is 0 Å². The molecule has 0 atom stereocenters. The molecule has 0 bridgehead atoms. The summed E-state index contributed by atoms with van der Waals surface area (Å²) in [6.45, 7) is 2.00. The van der Waals surface area contributed by atoms with Crippen molar-refractivity contribution in [2.24, 2.45) is 0 Å². The van der Waals surface area contributed by atoms with Gasteiger partial charge in [-0.15, -0.1) is 0 Å². The van der Waals surface area contributed by atoms with Crippen molar-refractivity contribution in [1.29, 1.82) is 0 Å². The van der Waals surface area contributed by atoms with E-state index in [0.717, 1.165) is 35.9 Å². The molecule has 2 aromatic heterocycles. The molecule has 3 nitrogen and oxygen atoms in total. The number of rotatable bonds is 1. The van der Waals surface area contributed by atoms with Crippen molar-refractivity contribution in [3.63, 3.8) is 0 Å². The zero-order valence-electron chi connectivity index (χ0n) is 7.44. The van der Waals surface area contributed by atoms with Crippen molar-refractivity contribution >= 4 is 18.8 Å². The van der Waals surface area contributed by atoms with Crippen molar-refractivity contribution in [2.75, 3.05) is 0 Å². The Hall–Kier alpha value is -1.00. The monoisotopic (exact) mass is 228 g/mol. The molecule has 0 aliphatic heterocycles. The van der Waals surface area contributed by atoms with E-state index in [1.807, 2.05) is 28.5 Å². The molecule has 0 amide bonds. The minimum absolute atomic E-state index is 0.995. The summed E-state index contributed by atoms with van der Waals surface area (Å²) in [7, 11) is 0. The van der Waals surface area contributed by atoms with Crippen LogP contribution in [0.3, 0.4) is 0 Å². The van der Waals surface area contributed by atoms with Crippen molar-refractivity contribution in [1.82, 2.24) is 13.5 Å². The van der Waals surface area contributed by atoms with E-state index in [2.05, 4.69) is 16.1 Å². The van der Waals surface area contributed by atoms with E-state index in [-0.39, 0.29) is 0 Å². The van der Waals surface area contributed by atoms with Gasteiger partial charge in [0.1, 0.15) is 0 Å². The number of nitrogens with zero attached hydrogens (tertiary/aromatic N) is 3. The van der Waals surface area contributed by atoms with Gasteiger partial charge in [-0.25, -0.2) is 0 Å². The second kappa shape index (κ2) is 3.39. The van der Waals surface area contributed by atoms with Crippen LogP contribution in [0.25, 0.3) is 11.4 Å². The van der Waals surface area contributed by atoms with Crippen LogP contribution >= 0.6 is 0 Å². The fourth-order valence-corrected chi connectivity index (χ4v) is 2.27. The average Bonchev–Trinajstić information content (AvgIpc) is 2.47. The Kier molecular flexibility index (Phi) is 2.24. The number of aryl methyl sites for hydroxylation is 1. The minimum atomic E-state index is 0.995. The molecule has 0 saturated heterocycles. The van der Waals surface area contributed by atoms with Gasteiger partial charge in [-0.2, -0.15) is 0 Å². The molecule has 0 saturated carbocycles. The Labute approximate surface area is 87.0 Å². The molecule has 1 radical (unpaired) electrons. The molecule has 0 aliphatic carbocycles. The van der Waals surface area contributed by atoms with Crippen LogP contribution in [0.1, 0.15) is 5.69 Å². The number of aromatic nitrogens is 3. The van der Waals surface area contributed by atoms with Gasteiger partial charge < -0.3 is 0 Å². The molecule has 0 aliphatic rings. The fourth-order valence-electron chi connectivity index (χ4n) is 1.27. The Morgan fingerprint density at radius 2 is 2.23 bits per heavy atom.